The van der Waals surface area contributed by atoms with Gasteiger partial charge in [-0.15, -0.1) is 0 Å². The molecule has 3 nitrogen and oxygen atoms in total. The van der Waals surface area contributed by atoms with Gasteiger partial charge >= 0.3 is 6.18 Å². The molecule has 0 fully saturated rings. The Kier molecular flexibility index (Phi) is 3.00. The summed E-state index contributed by atoms with van der Waals surface area (Å²) in [4.78, 5) is 12.1. The third-order valence-corrected chi connectivity index (χ3v) is 3.15. The minimum absolute atomic E-state index is 0.0364. The fraction of sp³-hybridized carbons (Fsp3) is 0.214. The Hall–Kier alpha value is -2.24. The van der Waals surface area contributed by atoms with Gasteiger partial charge in [-0.1, -0.05) is 0 Å². The maximum absolute atomic E-state index is 13.0. The van der Waals surface area contributed by atoms with Gasteiger partial charge in [0.2, 0.25) is 0 Å². The molecule has 3 rings (SSSR count). The van der Waals surface area contributed by atoms with E-state index in [1.807, 2.05) is 0 Å². The van der Waals surface area contributed by atoms with Gasteiger partial charge in [0.05, 0.1) is 11.3 Å². The van der Waals surface area contributed by atoms with Crippen molar-refractivity contribution >= 4 is 6.21 Å². The minimum atomic E-state index is -4.41. The summed E-state index contributed by atoms with van der Waals surface area (Å²) in [6.45, 7) is 0.667. The molecule has 0 radical (unpaired) electrons. The van der Waals surface area contributed by atoms with Crippen LogP contribution in [0.3, 0.4) is 0 Å². The first kappa shape index (κ1) is 12.8. The highest BCUT2D eigenvalue weighted by molar-refractivity contribution is 5.84. The summed E-state index contributed by atoms with van der Waals surface area (Å²) in [5, 5.41) is 0. The zero-order valence-corrected chi connectivity index (χ0v) is 10.4. The van der Waals surface area contributed by atoms with Crippen LogP contribution in [0.2, 0.25) is 0 Å². The van der Waals surface area contributed by atoms with E-state index in [2.05, 4.69) is 15.0 Å². The molecule has 20 heavy (non-hydrogen) atoms. The van der Waals surface area contributed by atoms with Crippen molar-refractivity contribution < 1.29 is 13.2 Å². The summed E-state index contributed by atoms with van der Waals surface area (Å²) < 4.78 is 39.0. The van der Waals surface area contributed by atoms with Crippen molar-refractivity contribution in [2.75, 3.05) is 6.54 Å². The topological polar surface area (TPSA) is 38.1 Å². The summed E-state index contributed by atoms with van der Waals surface area (Å²) >= 11 is 0. The maximum atomic E-state index is 13.0. The van der Waals surface area contributed by atoms with Gasteiger partial charge in [-0.3, -0.25) is 15.0 Å². The normalized spacial score (nSPS) is 14.2. The first-order valence-corrected chi connectivity index (χ1v) is 6.06. The van der Waals surface area contributed by atoms with Crippen LogP contribution in [0.4, 0.5) is 13.2 Å². The number of aliphatic imine (C=N–C) groups is 1. The summed E-state index contributed by atoms with van der Waals surface area (Å²) in [5.74, 6) is 0. The lowest BCUT2D eigenvalue weighted by atomic mass is 10.00. The molecule has 2 aromatic heterocycles. The molecule has 0 unspecified atom stereocenters. The van der Waals surface area contributed by atoms with E-state index < -0.39 is 11.7 Å². The molecule has 0 bridgehead atoms. The Morgan fingerprint density at radius 3 is 2.80 bits per heavy atom. The smallest absolute Gasteiger partial charge is 0.292 e. The first-order valence-electron chi connectivity index (χ1n) is 6.06. The lowest BCUT2D eigenvalue weighted by Gasteiger charge is -2.14. The Balaban J connectivity index is 2.13. The second-order valence-electron chi connectivity index (χ2n) is 4.46. The van der Waals surface area contributed by atoms with Gasteiger partial charge in [0.1, 0.15) is 0 Å². The number of fused-ring (bicyclic) bond motifs is 1. The molecule has 0 saturated carbocycles. The molecule has 0 aromatic carbocycles. The maximum Gasteiger partial charge on any atom is 0.417 e. The van der Waals surface area contributed by atoms with Crippen molar-refractivity contribution in [1.29, 1.82) is 0 Å². The second kappa shape index (κ2) is 4.70. The van der Waals surface area contributed by atoms with Crippen LogP contribution >= 0.6 is 0 Å². The standard InChI is InChI=1S/C14H10F3N3/c15-14(16,17)12-1-3-19-8-11(12)9-5-10-6-18-4-2-13(10)20-7-9/h1,3,5-8H,2,4H2. The number of hydrogen-bond donors (Lipinski definition) is 0. The van der Waals surface area contributed by atoms with E-state index in [1.165, 1.54) is 12.4 Å². The number of alkyl halides is 3. The summed E-state index contributed by atoms with van der Waals surface area (Å²) in [5.41, 5.74) is 1.36. The van der Waals surface area contributed by atoms with E-state index in [9.17, 15) is 13.2 Å². The molecule has 0 saturated heterocycles. The minimum Gasteiger partial charge on any atom is -0.292 e. The van der Waals surface area contributed by atoms with Gasteiger partial charge in [0.25, 0.3) is 0 Å². The molecule has 0 amide bonds. The van der Waals surface area contributed by atoms with E-state index >= 15 is 0 Å². The van der Waals surface area contributed by atoms with E-state index in [4.69, 9.17) is 0 Å². The molecule has 1 aliphatic heterocycles. The van der Waals surface area contributed by atoms with E-state index in [0.29, 0.717) is 18.5 Å². The van der Waals surface area contributed by atoms with E-state index in [1.54, 1.807) is 12.3 Å². The predicted octanol–water partition coefficient (Wildman–Crippen LogP) is 3.14. The van der Waals surface area contributed by atoms with Crippen LogP contribution < -0.4 is 0 Å². The molecule has 0 spiro atoms. The SMILES string of the molecule is FC(F)(F)c1ccncc1-c1cnc2c(c1)C=NCC2. The zero-order chi connectivity index (χ0) is 14.2. The fourth-order valence-corrected chi connectivity index (χ4v) is 2.18. The average molecular weight is 277 g/mol. The number of halogens is 3. The van der Waals surface area contributed by atoms with Crippen molar-refractivity contribution in [3.8, 4) is 11.1 Å². The lowest BCUT2D eigenvalue weighted by molar-refractivity contribution is -0.137. The average Bonchev–Trinajstić information content (AvgIpc) is 2.46. The molecule has 1 aliphatic rings. The Bertz CT molecular complexity index is 678. The van der Waals surface area contributed by atoms with E-state index in [0.717, 1.165) is 23.5 Å². The highest BCUT2D eigenvalue weighted by Gasteiger charge is 2.33. The molecule has 2 aromatic rings. The van der Waals surface area contributed by atoms with Gasteiger partial charge in [0.15, 0.2) is 0 Å². The highest BCUT2D eigenvalue weighted by Crippen LogP contribution is 2.36. The molecule has 0 N–H and O–H groups in total. The monoisotopic (exact) mass is 277 g/mol. The van der Waals surface area contributed by atoms with Gasteiger partial charge in [0, 0.05) is 54.5 Å². The second-order valence-corrected chi connectivity index (χ2v) is 4.46. The number of hydrogen-bond acceptors (Lipinski definition) is 3. The molecule has 0 atom stereocenters. The highest BCUT2D eigenvalue weighted by atomic mass is 19.4. The Labute approximate surface area is 113 Å². The van der Waals surface area contributed by atoms with Crippen molar-refractivity contribution in [3.63, 3.8) is 0 Å². The first-order chi connectivity index (χ1) is 9.55. The molecule has 3 heterocycles. The van der Waals surface area contributed by atoms with Crippen LogP contribution in [-0.4, -0.2) is 22.7 Å². The van der Waals surface area contributed by atoms with Crippen molar-refractivity contribution in [2.24, 2.45) is 4.99 Å². The van der Waals surface area contributed by atoms with Gasteiger partial charge in [-0.05, 0) is 12.1 Å². The summed E-state index contributed by atoms with van der Waals surface area (Å²) in [7, 11) is 0. The lowest BCUT2D eigenvalue weighted by Crippen LogP contribution is -2.09. The van der Waals surface area contributed by atoms with Crippen LogP contribution in [-0.2, 0) is 12.6 Å². The predicted molar refractivity (Wildman–Crippen MR) is 68.6 cm³/mol. The third kappa shape index (κ3) is 2.29. The van der Waals surface area contributed by atoms with Crippen LogP contribution in [0, 0.1) is 0 Å². The van der Waals surface area contributed by atoms with Crippen molar-refractivity contribution in [3.05, 3.63) is 47.5 Å². The largest absolute Gasteiger partial charge is 0.417 e. The van der Waals surface area contributed by atoms with Crippen molar-refractivity contribution in [2.45, 2.75) is 12.6 Å². The van der Waals surface area contributed by atoms with Gasteiger partial charge < -0.3 is 0 Å². The molecule has 6 heteroatoms. The summed E-state index contributed by atoms with van der Waals surface area (Å²) in [6.07, 6.45) is 1.77. The van der Waals surface area contributed by atoms with Crippen molar-refractivity contribution in [1.82, 2.24) is 9.97 Å². The Morgan fingerprint density at radius 1 is 1.15 bits per heavy atom. The van der Waals surface area contributed by atoms with Gasteiger partial charge in [-0.25, -0.2) is 0 Å². The van der Waals surface area contributed by atoms with Crippen LogP contribution in [0.5, 0.6) is 0 Å². The van der Waals surface area contributed by atoms with Crippen LogP contribution in [0.1, 0.15) is 16.8 Å². The molecule has 0 aliphatic carbocycles. The number of aromatic nitrogens is 2. The fourth-order valence-electron chi connectivity index (χ4n) is 2.18. The third-order valence-electron chi connectivity index (χ3n) is 3.15. The van der Waals surface area contributed by atoms with Crippen LogP contribution in [0.15, 0.2) is 35.7 Å². The van der Waals surface area contributed by atoms with Gasteiger partial charge in [-0.2, -0.15) is 13.2 Å². The summed E-state index contributed by atoms with van der Waals surface area (Å²) in [6, 6.07) is 2.65. The zero-order valence-electron chi connectivity index (χ0n) is 10.4. The van der Waals surface area contributed by atoms with Crippen LogP contribution in [0.25, 0.3) is 11.1 Å². The van der Waals surface area contributed by atoms with E-state index in [-0.39, 0.29) is 5.56 Å². The number of nitrogens with zero attached hydrogens (tertiary/aromatic N) is 3. The molecule has 102 valence electrons. The molecular weight excluding hydrogens is 267 g/mol. The Morgan fingerprint density at radius 2 is 2.00 bits per heavy atom. The number of rotatable bonds is 1. The quantitative estimate of drug-likeness (QED) is 0.803. The number of pyridine rings is 2. The molecular formula is C14H10F3N3.